The molecule has 0 radical (unpaired) electrons. The molecule has 0 aromatic heterocycles. The fourth-order valence-electron chi connectivity index (χ4n) is 4.06. The molecule has 6 heteroatoms. The molecule has 1 aromatic carbocycles. The molecule has 4 nitrogen and oxygen atoms in total. The molecule has 24 heavy (non-hydrogen) atoms. The Morgan fingerprint density at radius 3 is 2.62 bits per heavy atom. The lowest BCUT2D eigenvalue weighted by atomic mass is 9.71. The molecule has 1 saturated heterocycles. The molecule has 2 aliphatic rings. The Hall–Kier alpha value is -0.980. The van der Waals surface area contributed by atoms with Gasteiger partial charge in [0.1, 0.15) is 15.7 Å². The predicted octanol–water partition coefficient (Wildman–Crippen LogP) is 2.06. The van der Waals surface area contributed by atoms with Crippen LogP contribution < -0.4 is 5.32 Å². The number of nitrogens with one attached hydrogen (secondary N) is 1. The topological polar surface area (TPSA) is 66.4 Å². The van der Waals surface area contributed by atoms with Crippen molar-refractivity contribution >= 4 is 9.84 Å². The third-order valence-corrected chi connectivity index (χ3v) is 7.20. The van der Waals surface area contributed by atoms with Crippen LogP contribution in [0, 0.1) is 11.7 Å². The molecular formula is C18H26FNO3S. The standard InChI is InChI=1S/C18H26FNO3S/c1-13(15-5-7-24(22,23)8-6-15)20-17-11-18(21,12-17)10-14-3-2-4-16(19)9-14/h2-4,9,13,15,17,20-21H,5-8,10-12H2,1H3. The summed E-state index contributed by atoms with van der Waals surface area (Å²) in [4.78, 5) is 0. The summed E-state index contributed by atoms with van der Waals surface area (Å²) in [5, 5.41) is 14.1. The molecule has 1 heterocycles. The Morgan fingerprint density at radius 1 is 1.33 bits per heavy atom. The average Bonchev–Trinajstić information content (AvgIpc) is 2.45. The van der Waals surface area contributed by atoms with E-state index in [4.69, 9.17) is 0 Å². The minimum absolute atomic E-state index is 0.247. The number of aliphatic hydroxyl groups is 1. The molecule has 3 rings (SSSR count). The van der Waals surface area contributed by atoms with E-state index >= 15 is 0 Å². The Kier molecular flexibility index (Phi) is 5.00. The van der Waals surface area contributed by atoms with Crippen LogP contribution in [0.1, 0.15) is 38.2 Å². The first-order valence-corrected chi connectivity index (χ1v) is 10.5. The quantitative estimate of drug-likeness (QED) is 0.849. The number of hydrogen-bond donors (Lipinski definition) is 2. The van der Waals surface area contributed by atoms with Crippen LogP contribution in [0.2, 0.25) is 0 Å². The lowest BCUT2D eigenvalue weighted by molar-refractivity contribution is -0.0587. The third-order valence-electron chi connectivity index (χ3n) is 5.48. The van der Waals surface area contributed by atoms with E-state index in [1.807, 2.05) is 6.07 Å². The summed E-state index contributed by atoms with van der Waals surface area (Å²) < 4.78 is 36.3. The van der Waals surface area contributed by atoms with Gasteiger partial charge in [0.2, 0.25) is 0 Å². The van der Waals surface area contributed by atoms with Gasteiger partial charge in [-0.1, -0.05) is 12.1 Å². The van der Waals surface area contributed by atoms with Gasteiger partial charge in [-0.05, 0) is 56.2 Å². The summed E-state index contributed by atoms with van der Waals surface area (Å²) in [5.41, 5.74) is 0.0580. The number of halogens is 1. The Morgan fingerprint density at radius 2 is 2.00 bits per heavy atom. The van der Waals surface area contributed by atoms with Crippen molar-refractivity contribution in [1.29, 1.82) is 0 Å². The molecule has 1 aromatic rings. The first kappa shape index (κ1) is 17.8. The molecule has 1 saturated carbocycles. The maximum atomic E-state index is 13.2. The van der Waals surface area contributed by atoms with Crippen molar-refractivity contribution in [1.82, 2.24) is 5.32 Å². The van der Waals surface area contributed by atoms with E-state index in [-0.39, 0.29) is 29.4 Å². The minimum Gasteiger partial charge on any atom is -0.389 e. The van der Waals surface area contributed by atoms with E-state index in [0.717, 1.165) is 18.4 Å². The fraction of sp³-hybridized carbons (Fsp3) is 0.667. The Balaban J connectivity index is 1.46. The highest BCUT2D eigenvalue weighted by molar-refractivity contribution is 7.91. The van der Waals surface area contributed by atoms with Gasteiger partial charge in [-0.25, -0.2) is 12.8 Å². The van der Waals surface area contributed by atoms with E-state index in [1.165, 1.54) is 12.1 Å². The van der Waals surface area contributed by atoms with Crippen molar-refractivity contribution < 1.29 is 17.9 Å². The lowest BCUT2D eigenvalue weighted by Gasteiger charge is -2.46. The second-order valence-electron chi connectivity index (χ2n) is 7.58. The molecule has 0 amide bonds. The smallest absolute Gasteiger partial charge is 0.150 e. The summed E-state index contributed by atoms with van der Waals surface area (Å²) >= 11 is 0. The average molecular weight is 355 g/mol. The van der Waals surface area contributed by atoms with E-state index in [9.17, 15) is 17.9 Å². The lowest BCUT2D eigenvalue weighted by Crippen LogP contribution is -2.57. The van der Waals surface area contributed by atoms with Crippen molar-refractivity contribution in [2.75, 3.05) is 11.5 Å². The van der Waals surface area contributed by atoms with Gasteiger partial charge in [0.05, 0.1) is 17.1 Å². The highest BCUT2D eigenvalue weighted by atomic mass is 32.2. The van der Waals surface area contributed by atoms with Crippen molar-refractivity contribution in [3.63, 3.8) is 0 Å². The van der Waals surface area contributed by atoms with Crippen LogP contribution in [0.5, 0.6) is 0 Å². The summed E-state index contributed by atoms with van der Waals surface area (Å²) in [6, 6.07) is 6.89. The number of rotatable bonds is 5. The van der Waals surface area contributed by atoms with Gasteiger partial charge in [0.15, 0.2) is 0 Å². The molecule has 1 unspecified atom stereocenters. The first-order valence-electron chi connectivity index (χ1n) is 8.68. The van der Waals surface area contributed by atoms with Crippen LogP contribution in [0.4, 0.5) is 4.39 Å². The van der Waals surface area contributed by atoms with Gasteiger partial charge in [-0.3, -0.25) is 0 Å². The number of hydrogen-bond acceptors (Lipinski definition) is 4. The molecule has 1 atom stereocenters. The van der Waals surface area contributed by atoms with Gasteiger partial charge < -0.3 is 10.4 Å². The normalized spacial score (nSPS) is 31.4. The van der Waals surface area contributed by atoms with E-state index in [0.29, 0.717) is 25.2 Å². The van der Waals surface area contributed by atoms with Crippen LogP contribution in [0.3, 0.4) is 0 Å². The number of sulfone groups is 1. The minimum atomic E-state index is -2.82. The zero-order chi connectivity index (χ0) is 17.4. The monoisotopic (exact) mass is 355 g/mol. The summed E-state index contributed by atoms with van der Waals surface area (Å²) in [6.45, 7) is 2.10. The van der Waals surface area contributed by atoms with Crippen molar-refractivity contribution in [2.45, 2.75) is 56.7 Å². The van der Waals surface area contributed by atoms with Crippen LogP contribution >= 0.6 is 0 Å². The largest absolute Gasteiger partial charge is 0.389 e. The zero-order valence-electron chi connectivity index (χ0n) is 14.0. The number of benzene rings is 1. The van der Waals surface area contributed by atoms with E-state index < -0.39 is 15.4 Å². The first-order chi connectivity index (χ1) is 11.2. The van der Waals surface area contributed by atoms with Crippen LogP contribution in [0.15, 0.2) is 24.3 Å². The molecule has 2 fully saturated rings. The van der Waals surface area contributed by atoms with Crippen LogP contribution in [0.25, 0.3) is 0 Å². The van der Waals surface area contributed by atoms with Gasteiger partial charge in [0.25, 0.3) is 0 Å². The highest BCUT2D eigenvalue weighted by Crippen LogP contribution is 2.36. The van der Waals surface area contributed by atoms with Gasteiger partial charge in [-0.15, -0.1) is 0 Å². The van der Waals surface area contributed by atoms with Crippen LogP contribution in [-0.4, -0.2) is 42.7 Å². The predicted molar refractivity (Wildman–Crippen MR) is 92.1 cm³/mol. The Bertz CT molecular complexity index is 671. The second kappa shape index (κ2) is 6.73. The van der Waals surface area contributed by atoms with E-state index in [1.54, 1.807) is 6.07 Å². The third kappa shape index (κ3) is 4.35. The molecule has 134 valence electrons. The molecule has 1 aliphatic heterocycles. The van der Waals surface area contributed by atoms with Gasteiger partial charge in [-0.2, -0.15) is 0 Å². The summed E-state index contributed by atoms with van der Waals surface area (Å²) in [7, 11) is -2.82. The summed E-state index contributed by atoms with van der Waals surface area (Å²) in [6.07, 6.45) is 3.21. The summed E-state index contributed by atoms with van der Waals surface area (Å²) in [5.74, 6) is 0.687. The van der Waals surface area contributed by atoms with E-state index in [2.05, 4.69) is 12.2 Å². The van der Waals surface area contributed by atoms with Crippen molar-refractivity contribution in [3.8, 4) is 0 Å². The fourth-order valence-corrected chi connectivity index (χ4v) is 5.59. The molecular weight excluding hydrogens is 329 g/mol. The molecule has 0 spiro atoms. The molecule has 2 N–H and O–H groups in total. The second-order valence-corrected chi connectivity index (χ2v) is 9.88. The molecule has 0 bridgehead atoms. The Labute approximate surface area is 143 Å². The zero-order valence-corrected chi connectivity index (χ0v) is 14.9. The maximum Gasteiger partial charge on any atom is 0.150 e. The van der Waals surface area contributed by atoms with Crippen molar-refractivity contribution in [3.05, 3.63) is 35.6 Å². The van der Waals surface area contributed by atoms with Gasteiger partial charge >= 0.3 is 0 Å². The van der Waals surface area contributed by atoms with Gasteiger partial charge in [0, 0.05) is 18.5 Å². The van der Waals surface area contributed by atoms with Crippen molar-refractivity contribution in [2.24, 2.45) is 5.92 Å². The maximum absolute atomic E-state index is 13.2. The molecule has 1 aliphatic carbocycles. The SMILES string of the molecule is CC(NC1CC(O)(Cc2cccc(F)c2)C1)C1CCS(=O)(=O)CC1. The van der Waals surface area contributed by atoms with Crippen LogP contribution in [-0.2, 0) is 16.3 Å². The highest BCUT2D eigenvalue weighted by Gasteiger charge is 2.43.